The standard InChI is InChI=1S/C13H12N2O3/c1-2-18-12-6-7-14-13(9-12)10-4-3-5-11(8-10)15(16)17/h3-9H,2H2,1H3. The smallest absolute Gasteiger partial charge is 0.270 e. The molecule has 0 spiro atoms. The van der Waals surface area contributed by atoms with E-state index in [0.717, 1.165) is 0 Å². The number of ether oxygens (including phenoxy) is 1. The number of nitrogens with zero attached hydrogens (tertiary/aromatic N) is 2. The molecular formula is C13H12N2O3. The van der Waals surface area contributed by atoms with Gasteiger partial charge < -0.3 is 4.74 Å². The highest BCUT2D eigenvalue weighted by atomic mass is 16.6. The highest BCUT2D eigenvalue weighted by molar-refractivity contribution is 5.63. The molecule has 5 nitrogen and oxygen atoms in total. The molecule has 0 saturated heterocycles. The molecule has 0 amide bonds. The number of benzene rings is 1. The summed E-state index contributed by atoms with van der Waals surface area (Å²) in [4.78, 5) is 14.5. The zero-order valence-corrected chi connectivity index (χ0v) is 9.87. The molecule has 2 aromatic rings. The van der Waals surface area contributed by atoms with E-state index in [1.165, 1.54) is 12.1 Å². The van der Waals surface area contributed by atoms with Crippen LogP contribution in [0.1, 0.15) is 6.92 Å². The van der Waals surface area contributed by atoms with Crippen LogP contribution >= 0.6 is 0 Å². The molecule has 0 aliphatic rings. The second-order valence-electron chi connectivity index (χ2n) is 3.62. The van der Waals surface area contributed by atoms with Crippen molar-refractivity contribution in [3.8, 4) is 17.0 Å². The van der Waals surface area contributed by atoms with Crippen LogP contribution in [0.2, 0.25) is 0 Å². The van der Waals surface area contributed by atoms with Crippen LogP contribution in [0.25, 0.3) is 11.3 Å². The van der Waals surface area contributed by atoms with E-state index in [0.29, 0.717) is 23.6 Å². The van der Waals surface area contributed by atoms with Crippen molar-refractivity contribution in [1.82, 2.24) is 4.98 Å². The fourth-order valence-electron chi connectivity index (χ4n) is 1.60. The van der Waals surface area contributed by atoms with Gasteiger partial charge in [-0.1, -0.05) is 12.1 Å². The molecule has 0 aliphatic carbocycles. The Kier molecular flexibility index (Phi) is 3.52. The van der Waals surface area contributed by atoms with Crippen molar-refractivity contribution in [3.63, 3.8) is 0 Å². The lowest BCUT2D eigenvalue weighted by Gasteiger charge is -2.05. The van der Waals surface area contributed by atoms with Crippen molar-refractivity contribution in [2.45, 2.75) is 6.92 Å². The van der Waals surface area contributed by atoms with Crippen LogP contribution in [-0.4, -0.2) is 16.5 Å². The lowest BCUT2D eigenvalue weighted by atomic mass is 10.1. The number of pyridine rings is 1. The number of nitro benzene ring substituents is 1. The molecule has 92 valence electrons. The summed E-state index contributed by atoms with van der Waals surface area (Å²) >= 11 is 0. The highest BCUT2D eigenvalue weighted by Crippen LogP contribution is 2.24. The zero-order valence-electron chi connectivity index (χ0n) is 9.87. The van der Waals surface area contributed by atoms with Gasteiger partial charge in [-0.15, -0.1) is 0 Å². The van der Waals surface area contributed by atoms with Crippen LogP contribution in [0.3, 0.4) is 0 Å². The van der Waals surface area contributed by atoms with Crippen LogP contribution in [0.15, 0.2) is 42.6 Å². The summed E-state index contributed by atoms with van der Waals surface area (Å²) in [6.07, 6.45) is 1.62. The normalized spacial score (nSPS) is 10.1. The summed E-state index contributed by atoms with van der Waals surface area (Å²) < 4.78 is 5.37. The minimum absolute atomic E-state index is 0.0520. The van der Waals surface area contributed by atoms with E-state index in [1.807, 2.05) is 6.92 Å². The molecule has 0 N–H and O–H groups in total. The Morgan fingerprint density at radius 1 is 1.33 bits per heavy atom. The van der Waals surface area contributed by atoms with E-state index in [1.54, 1.807) is 30.5 Å². The minimum Gasteiger partial charge on any atom is -0.494 e. The Morgan fingerprint density at radius 2 is 2.17 bits per heavy atom. The zero-order chi connectivity index (χ0) is 13.0. The molecule has 0 radical (unpaired) electrons. The average Bonchev–Trinajstić information content (AvgIpc) is 2.39. The highest BCUT2D eigenvalue weighted by Gasteiger charge is 2.08. The molecular weight excluding hydrogens is 232 g/mol. The maximum Gasteiger partial charge on any atom is 0.270 e. The molecule has 0 saturated carbocycles. The van der Waals surface area contributed by atoms with Gasteiger partial charge in [0.1, 0.15) is 5.75 Å². The van der Waals surface area contributed by atoms with E-state index in [2.05, 4.69) is 4.98 Å². The van der Waals surface area contributed by atoms with Gasteiger partial charge in [-0.05, 0) is 13.0 Å². The third kappa shape index (κ3) is 2.63. The third-order valence-corrected chi connectivity index (χ3v) is 2.40. The number of aromatic nitrogens is 1. The molecule has 0 atom stereocenters. The lowest BCUT2D eigenvalue weighted by molar-refractivity contribution is -0.384. The summed E-state index contributed by atoms with van der Waals surface area (Å²) in [5, 5.41) is 10.7. The number of nitro groups is 1. The Balaban J connectivity index is 2.38. The topological polar surface area (TPSA) is 65.3 Å². The van der Waals surface area contributed by atoms with Crippen molar-refractivity contribution in [1.29, 1.82) is 0 Å². The van der Waals surface area contributed by atoms with Gasteiger partial charge in [-0.25, -0.2) is 0 Å². The van der Waals surface area contributed by atoms with Crippen LogP contribution in [0, 0.1) is 10.1 Å². The first-order chi connectivity index (χ1) is 8.70. The fourth-order valence-corrected chi connectivity index (χ4v) is 1.60. The summed E-state index contributed by atoms with van der Waals surface area (Å²) in [6.45, 7) is 2.46. The van der Waals surface area contributed by atoms with Gasteiger partial charge >= 0.3 is 0 Å². The molecule has 2 rings (SSSR count). The predicted octanol–water partition coefficient (Wildman–Crippen LogP) is 3.06. The molecule has 0 bridgehead atoms. The number of rotatable bonds is 4. The van der Waals surface area contributed by atoms with Crippen molar-refractivity contribution in [2.75, 3.05) is 6.61 Å². The van der Waals surface area contributed by atoms with E-state index in [4.69, 9.17) is 4.74 Å². The fraction of sp³-hybridized carbons (Fsp3) is 0.154. The van der Waals surface area contributed by atoms with Gasteiger partial charge in [0.2, 0.25) is 0 Å². The van der Waals surface area contributed by atoms with Crippen molar-refractivity contribution < 1.29 is 9.66 Å². The second kappa shape index (κ2) is 5.27. The molecule has 0 aliphatic heterocycles. The Labute approximate surface area is 104 Å². The maximum absolute atomic E-state index is 10.7. The molecule has 1 heterocycles. The van der Waals surface area contributed by atoms with E-state index in [9.17, 15) is 10.1 Å². The third-order valence-electron chi connectivity index (χ3n) is 2.40. The summed E-state index contributed by atoms with van der Waals surface area (Å²) in [7, 11) is 0. The van der Waals surface area contributed by atoms with Gasteiger partial charge in [0.15, 0.2) is 0 Å². The van der Waals surface area contributed by atoms with Crippen LogP contribution < -0.4 is 4.74 Å². The molecule has 5 heteroatoms. The molecule has 1 aromatic carbocycles. The van der Waals surface area contributed by atoms with Gasteiger partial charge in [0, 0.05) is 30.0 Å². The summed E-state index contributed by atoms with van der Waals surface area (Å²) in [5.41, 5.74) is 1.41. The number of hydrogen-bond acceptors (Lipinski definition) is 4. The van der Waals surface area contributed by atoms with Crippen molar-refractivity contribution >= 4 is 5.69 Å². The Morgan fingerprint density at radius 3 is 2.89 bits per heavy atom. The molecule has 0 unspecified atom stereocenters. The molecule has 18 heavy (non-hydrogen) atoms. The summed E-state index contributed by atoms with van der Waals surface area (Å²) in [5.74, 6) is 0.703. The van der Waals surface area contributed by atoms with Gasteiger partial charge in [-0.3, -0.25) is 15.1 Å². The first-order valence-corrected chi connectivity index (χ1v) is 5.54. The Bertz CT molecular complexity index is 570. The van der Waals surface area contributed by atoms with Crippen LogP contribution in [0.4, 0.5) is 5.69 Å². The van der Waals surface area contributed by atoms with E-state index >= 15 is 0 Å². The lowest BCUT2D eigenvalue weighted by Crippen LogP contribution is -1.93. The quantitative estimate of drug-likeness (QED) is 0.612. The number of non-ortho nitro benzene ring substituents is 1. The van der Waals surface area contributed by atoms with E-state index < -0.39 is 4.92 Å². The first-order valence-electron chi connectivity index (χ1n) is 5.54. The van der Waals surface area contributed by atoms with Crippen LogP contribution in [0.5, 0.6) is 5.75 Å². The maximum atomic E-state index is 10.7. The summed E-state index contributed by atoms with van der Waals surface area (Å²) in [6, 6.07) is 9.90. The monoisotopic (exact) mass is 244 g/mol. The average molecular weight is 244 g/mol. The first kappa shape index (κ1) is 12.0. The molecule has 0 fully saturated rings. The minimum atomic E-state index is -0.421. The molecule has 1 aromatic heterocycles. The van der Waals surface area contributed by atoms with Crippen molar-refractivity contribution in [2.24, 2.45) is 0 Å². The SMILES string of the molecule is CCOc1ccnc(-c2cccc([N+](=O)[O-])c2)c1. The number of hydrogen-bond donors (Lipinski definition) is 0. The van der Waals surface area contributed by atoms with Crippen molar-refractivity contribution in [3.05, 3.63) is 52.7 Å². The Hall–Kier alpha value is -2.43. The predicted molar refractivity (Wildman–Crippen MR) is 67.5 cm³/mol. The van der Waals surface area contributed by atoms with E-state index in [-0.39, 0.29) is 5.69 Å². The van der Waals surface area contributed by atoms with Gasteiger partial charge in [-0.2, -0.15) is 0 Å². The van der Waals surface area contributed by atoms with Gasteiger partial charge in [0.25, 0.3) is 5.69 Å². The van der Waals surface area contributed by atoms with Crippen LogP contribution in [-0.2, 0) is 0 Å². The largest absolute Gasteiger partial charge is 0.494 e. The second-order valence-corrected chi connectivity index (χ2v) is 3.62. The van der Waals surface area contributed by atoms with Gasteiger partial charge in [0.05, 0.1) is 17.2 Å².